The first-order valence-corrected chi connectivity index (χ1v) is 5.26. The Bertz CT molecular complexity index is 511. The number of nitrogens with one attached hydrogen (secondary N) is 1. The van der Waals surface area contributed by atoms with Gasteiger partial charge in [0.25, 0.3) is 0 Å². The number of benzene rings is 1. The fraction of sp³-hybridized carbons (Fsp3) is 0.333. The minimum absolute atomic E-state index is 0.0511. The Labute approximate surface area is 87.9 Å². The van der Waals surface area contributed by atoms with E-state index in [0.29, 0.717) is 12.3 Å². The Balaban J connectivity index is 2.23. The van der Waals surface area contributed by atoms with E-state index in [4.69, 9.17) is 5.73 Å². The maximum Gasteiger partial charge on any atom is 0.128 e. The van der Waals surface area contributed by atoms with Crippen molar-refractivity contribution in [3.05, 3.63) is 30.0 Å². The quantitative estimate of drug-likeness (QED) is 0.696. The summed E-state index contributed by atoms with van der Waals surface area (Å²) < 4.78 is 0. The van der Waals surface area contributed by atoms with Crippen molar-refractivity contribution in [2.75, 3.05) is 6.54 Å². The van der Waals surface area contributed by atoms with Crippen LogP contribution < -0.4 is 5.73 Å². The van der Waals surface area contributed by atoms with E-state index in [2.05, 4.69) is 4.98 Å². The van der Waals surface area contributed by atoms with Gasteiger partial charge >= 0.3 is 0 Å². The number of aromatic nitrogens is 1. The van der Waals surface area contributed by atoms with Crippen molar-refractivity contribution in [3.63, 3.8) is 0 Å². The molecular formula is C12H14N2O. The average molecular weight is 202 g/mol. The van der Waals surface area contributed by atoms with E-state index in [1.54, 1.807) is 0 Å². The molecule has 3 rings (SSSR count). The molecule has 0 unspecified atom stereocenters. The zero-order valence-electron chi connectivity index (χ0n) is 8.46. The molecule has 78 valence electrons. The van der Waals surface area contributed by atoms with Crippen LogP contribution in [0.2, 0.25) is 0 Å². The standard InChI is InChI=1S/C12H14N2O/c13-7-12(4-5-12)9-1-2-10-8(11(9)15)3-6-14-10/h1-3,6,14-15H,4-5,7,13H2. The van der Waals surface area contributed by atoms with E-state index in [1.807, 2.05) is 24.4 Å². The lowest BCUT2D eigenvalue weighted by Crippen LogP contribution is -2.19. The molecule has 0 spiro atoms. The lowest BCUT2D eigenvalue weighted by molar-refractivity contribution is 0.465. The van der Waals surface area contributed by atoms with E-state index < -0.39 is 0 Å². The molecule has 2 aromatic rings. The van der Waals surface area contributed by atoms with Crippen LogP contribution in [0.4, 0.5) is 0 Å². The fourth-order valence-corrected chi connectivity index (χ4v) is 2.28. The minimum Gasteiger partial charge on any atom is -0.507 e. The van der Waals surface area contributed by atoms with Crippen molar-refractivity contribution in [1.82, 2.24) is 4.98 Å². The molecule has 4 N–H and O–H groups in total. The highest BCUT2D eigenvalue weighted by Crippen LogP contribution is 2.51. The van der Waals surface area contributed by atoms with Gasteiger partial charge < -0.3 is 15.8 Å². The van der Waals surface area contributed by atoms with Crippen LogP contribution in [0.1, 0.15) is 18.4 Å². The highest BCUT2D eigenvalue weighted by Gasteiger charge is 2.44. The largest absolute Gasteiger partial charge is 0.507 e. The molecule has 15 heavy (non-hydrogen) atoms. The summed E-state index contributed by atoms with van der Waals surface area (Å²) >= 11 is 0. The summed E-state index contributed by atoms with van der Waals surface area (Å²) in [6, 6.07) is 5.91. The Kier molecular flexibility index (Phi) is 1.62. The fourth-order valence-electron chi connectivity index (χ4n) is 2.28. The zero-order chi connectivity index (χ0) is 10.5. The van der Waals surface area contributed by atoms with E-state index in [9.17, 15) is 5.11 Å². The number of hydrogen-bond donors (Lipinski definition) is 3. The van der Waals surface area contributed by atoms with Gasteiger partial charge in [-0.1, -0.05) is 6.07 Å². The second-order valence-corrected chi connectivity index (χ2v) is 4.39. The zero-order valence-corrected chi connectivity index (χ0v) is 8.46. The highest BCUT2D eigenvalue weighted by atomic mass is 16.3. The lowest BCUT2D eigenvalue weighted by atomic mass is 9.94. The molecule has 1 fully saturated rings. The predicted molar refractivity (Wildman–Crippen MR) is 59.9 cm³/mol. The second-order valence-electron chi connectivity index (χ2n) is 4.39. The minimum atomic E-state index is 0.0511. The van der Waals surface area contributed by atoms with Gasteiger partial charge in [-0.05, 0) is 25.0 Å². The van der Waals surface area contributed by atoms with E-state index in [1.165, 1.54) is 0 Å². The number of fused-ring (bicyclic) bond motifs is 1. The number of rotatable bonds is 2. The molecule has 0 atom stereocenters. The van der Waals surface area contributed by atoms with Crippen LogP contribution >= 0.6 is 0 Å². The Hall–Kier alpha value is -1.48. The third kappa shape index (κ3) is 1.10. The van der Waals surface area contributed by atoms with Crippen LogP contribution in [0, 0.1) is 0 Å². The molecular weight excluding hydrogens is 188 g/mol. The summed E-state index contributed by atoms with van der Waals surface area (Å²) in [5, 5.41) is 11.1. The predicted octanol–water partition coefficient (Wildman–Crippen LogP) is 1.86. The first-order valence-electron chi connectivity index (χ1n) is 5.26. The van der Waals surface area contributed by atoms with Gasteiger partial charge in [-0.3, -0.25) is 0 Å². The van der Waals surface area contributed by atoms with Crippen molar-refractivity contribution in [2.24, 2.45) is 5.73 Å². The number of aromatic amines is 1. The first-order chi connectivity index (χ1) is 7.27. The Morgan fingerprint density at radius 1 is 1.33 bits per heavy atom. The molecule has 0 saturated heterocycles. The van der Waals surface area contributed by atoms with Crippen molar-refractivity contribution in [2.45, 2.75) is 18.3 Å². The molecule has 1 heterocycles. The molecule has 1 saturated carbocycles. The normalized spacial score (nSPS) is 18.2. The molecule has 1 aliphatic rings. The van der Waals surface area contributed by atoms with Gasteiger partial charge in [0.05, 0.1) is 0 Å². The van der Waals surface area contributed by atoms with E-state index in [-0.39, 0.29) is 5.41 Å². The maximum absolute atomic E-state index is 10.2. The number of phenolic OH excluding ortho intramolecular Hbond substituents is 1. The van der Waals surface area contributed by atoms with Gasteiger partial charge in [0.2, 0.25) is 0 Å². The van der Waals surface area contributed by atoms with E-state index >= 15 is 0 Å². The van der Waals surface area contributed by atoms with Gasteiger partial charge in [-0.2, -0.15) is 0 Å². The van der Waals surface area contributed by atoms with Gasteiger partial charge in [0.15, 0.2) is 0 Å². The van der Waals surface area contributed by atoms with Crippen molar-refractivity contribution in [1.29, 1.82) is 0 Å². The number of aromatic hydroxyl groups is 1. The van der Waals surface area contributed by atoms with Crippen LogP contribution in [-0.4, -0.2) is 16.6 Å². The number of phenols is 1. The molecule has 1 aromatic carbocycles. The number of hydrogen-bond acceptors (Lipinski definition) is 2. The third-order valence-corrected chi connectivity index (χ3v) is 3.52. The van der Waals surface area contributed by atoms with Crippen molar-refractivity contribution < 1.29 is 5.11 Å². The lowest BCUT2D eigenvalue weighted by Gasteiger charge is -2.14. The van der Waals surface area contributed by atoms with Crippen molar-refractivity contribution in [3.8, 4) is 5.75 Å². The molecule has 0 aliphatic heterocycles. The topological polar surface area (TPSA) is 62.0 Å². The van der Waals surface area contributed by atoms with Crippen LogP contribution in [0.3, 0.4) is 0 Å². The summed E-state index contributed by atoms with van der Waals surface area (Å²) in [6.45, 7) is 0.622. The average Bonchev–Trinajstić information content (AvgIpc) is 2.89. The molecule has 3 nitrogen and oxygen atoms in total. The summed E-state index contributed by atoms with van der Waals surface area (Å²) in [5.41, 5.74) is 7.81. The Morgan fingerprint density at radius 2 is 2.13 bits per heavy atom. The second kappa shape index (κ2) is 2.76. The third-order valence-electron chi connectivity index (χ3n) is 3.52. The van der Waals surface area contributed by atoms with Gasteiger partial charge in [0.1, 0.15) is 5.75 Å². The van der Waals surface area contributed by atoms with Crippen LogP contribution in [-0.2, 0) is 5.41 Å². The first kappa shape index (κ1) is 8.80. The number of H-pyrrole nitrogens is 1. The molecule has 0 bridgehead atoms. The summed E-state index contributed by atoms with van der Waals surface area (Å²) in [7, 11) is 0. The highest BCUT2D eigenvalue weighted by molar-refractivity contribution is 5.87. The molecule has 1 aliphatic carbocycles. The summed E-state index contributed by atoms with van der Waals surface area (Å²) in [5.74, 6) is 0.400. The SMILES string of the molecule is NCC1(c2ccc3[nH]ccc3c2O)CC1. The summed E-state index contributed by atoms with van der Waals surface area (Å²) in [6.07, 6.45) is 4.02. The number of nitrogens with two attached hydrogens (primary N) is 1. The molecule has 1 aromatic heterocycles. The van der Waals surface area contributed by atoms with Gasteiger partial charge in [-0.15, -0.1) is 0 Å². The van der Waals surface area contributed by atoms with Crippen LogP contribution in [0.25, 0.3) is 10.9 Å². The van der Waals surface area contributed by atoms with Gasteiger partial charge in [-0.25, -0.2) is 0 Å². The Morgan fingerprint density at radius 3 is 2.80 bits per heavy atom. The smallest absolute Gasteiger partial charge is 0.128 e. The van der Waals surface area contributed by atoms with Crippen molar-refractivity contribution >= 4 is 10.9 Å². The van der Waals surface area contributed by atoms with Gasteiger partial charge in [0, 0.05) is 34.6 Å². The van der Waals surface area contributed by atoms with Crippen LogP contribution in [0.5, 0.6) is 5.75 Å². The maximum atomic E-state index is 10.2. The monoisotopic (exact) mass is 202 g/mol. The molecule has 0 amide bonds. The molecule has 3 heteroatoms. The summed E-state index contributed by atoms with van der Waals surface area (Å²) in [4.78, 5) is 3.09. The molecule has 0 radical (unpaired) electrons. The van der Waals surface area contributed by atoms with Crippen LogP contribution in [0.15, 0.2) is 24.4 Å². The van der Waals surface area contributed by atoms with E-state index in [0.717, 1.165) is 29.3 Å².